The maximum Gasteiger partial charge on any atom is 0.434 e. The number of rotatable bonds is 9. The van der Waals surface area contributed by atoms with Gasteiger partial charge in [-0.3, -0.25) is 9.40 Å². The number of imidazole rings is 1. The Morgan fingerprint density at radius 1 is 1.12 bits per heavy atom. The van der Waals surface area contributed by atoms with Gasteiger partial charge in [-0.05, 0) is 23.3 Å². The van der Waals surface area contributed by atoms with Crippen molar-refractivity contribution in [3.05, 3.63) is 73.3 Å². The second-order valence-corrected chi connectivity index (χ2v) is 8.28. The van der Waals surface area contributed by atoms with Crippen LogP contribution in [0.5, 0.6) is 5.75 Å². The molecule has 3 aromatic rings. The van der Waals surface area contributed by atoms with Crippen LogP contribution < -0.4 is 4.74 Å². The largest absolute Gasteiger partial charge is 0.466 e. The Bertz CT molecular complexity index is 978. The summed E-state index contributed by atoms with van der Waals surface area (Å²) in [6.45, 7) is 3.83. The van der Waals surface area contributed by atoms with Gasteiger partial charge in [-0.15, -0.1) is 11.6 Å². The van der Waals surface area contributed by atoms with E-state index in [9.17, 15) is 4.79 Å². The van der Waals surface area contributed by atoms with Gasteiger partial charge in [0.25, 0.3) is 0 Å². The second kappa shape index (κ2) is 10.5. The van der Waals surface area contributed by atoms with Crippen LogP contribution in [0.2, 0.25) is 0 Å². The highest BCUT2D eigenvalue weighted by molar-refractivity contribution is 6.18. The minimum Gasteiger partial charge on any atom is -0.466 e. The number of carbonyl (C=O) groups is 1. The average molecular weight is 458 g/mol. The molecule has 32 heavy (non-hydrogen) atoms. The van der Waals surface area contributed by atoms with E-state index >= 15 is 0 Å². The molecule has 1 amide bonds. The number of ether oxygens (including phenoxy) is 2. The smallest absolute Gasteiger partial charge is 0.434 e. The molecule has 8 heteroatoms. The van der Waals surface area contributed by atoms with Crippen molar-refractivity contribution in [3.8, 4) is 16.9 Å². The number of hydrogen-bond acceptors (Lipinski definition) is 5. The molecule has 0 aliphatic rings. The van der Waals surface area contributed by atoms with Gasteiger partial charge in [-0.1, -0.05) is 56.3 Å². The average Bonchev–Trinajstić information content (AvgIpc) is 3.36. The molecule has 2 atom stereocenters. The zero-order chi connectivity index (χ0) is 23.1. The molecule has 0 fully saturated rings. The highest BCUT2D eigenvalue weighted by Crippen LogP contribution is 2.35. The van der Waals surface area contributed by atoms with Crippen molar-refractivity contribution in [3.63, 3.8) is 0 Å². The van der Waals surface area contributed by atoms with E-state index in [1.807, 2.05) is 56.3 Å². The third-order valence-corrected chi connectivity index (χ3v) is 5.86. The van der Waals surface area contributed by atoms with Crippen LogP contribution in [0, 0.1) is 5.41 Å². The van der Waals surface area contributed by atoms with Gasteiger partial charge >= 0.3 is 6.09 Å². The number of carbonyl (C=O) groups excluding carboxylic acids is 1. The molecule has 3 rings (SSSR count). The van der Waals surface area contributed by atoms with E-state index in [2.05, 4.69) is 17.1 Å². The summed E-state index contributed by atoms with van der Waals surface area (Å²) in [4.78, 5) is 21.6. The molecule has 0 radical (unpaired) electrons. The summed E-state index contributed by atoms with van der Waals surface area (Å²) in [5.41, 5.74) is 1.57. The first-order valence-corrected chi connectivity index (χ1v) is 10.7. The van der Waals surface area contributed by atoms with E-state index in [-0.39, 0.29) is 5.88 Å². The van der Waals surface area contributed by atoms with Gasteiger partial charge in [0.05, 0.1) is 13.4 Å². The Kier molecular flexibility index (Phi) is 7.77. The molecule has 0 N–H and O–H groups in total. The fourth-order valence-electron chi connectivity index (χ4n) is 3.13. The van der Waals surface area contributed by atoms with E-state index in [0.29, 0.717) is 5.75 Å². The Morgan fingerprint density at radius 2 is 1.78 bits per heavy atom. The SMILES string of the molecule is CON(C)C(=O)OC(C(Oc1ccc(-c2ccccc2)cc1)n1ccnc1)C(C)(C)CCl. The van der Waals surface area contributed by atoms with Crippen LogP contribution in [0.4, 0.5) is 4.79 Å². The predicted molar refractivity (Wildman–Crippen MR) is 123 cm³/mol. The number of hydrogen-bond donors (Lipinski definition) is 0. The number of hydroxylamine groups is 2. The molecule has 0 saturated heterocycles. The van der Waals surface area contributed by atoms with E-state index in [0.717, 1.165) is 16.2 Å². The van der Waals surface area contributed by atoms with Crippen LogP contribution in [0.3, 0.4) is 0 Å². The molecule has 0 spiro atoms. The predicted octanol–water partition coefficient (Wildman–Crippen LogP) is 5.39. The molecular formula is C24H28ClN3O4. The molecule has 0 saturated carbocycles. The lowest BCUT2D eigenvalue weighted by molar-refractivity contribution is -0.132. The zero-order valence-electron chi connectivity index (χ0n) is 18.6. The van der Waals surface area contributed by atoms with Gasteiger partial charge in [0, 0.05) is 30.7 Å². The first-order valence-electron chi connectivity index (χ1n) is 10.2. The minimum absolute atomic E-state index is 0.239. The number of amides is 1. The zero-order valence-corrected chi connectivity index (χ0v) is 19.4. The lowest BCUT2D eigenvalue weighted by Gasteiger charge is -2.38. The summed E-state index contributed by atoms with van der Waals surface area (Å²) < 4.78 is 13.9. The van der Waals surface area contributed by atoms with E-state index in [4.69, 9.17) is 25.9 Å². The van der Waals surface area contributed by atoms with Crippen LogP contribution in [0.25, 0.3) is 11.1 Å². The maximum atomic E-state index is 12.5. The molecule has 0 aliphatic heterocycles. The lowest BCUT2D eigenvalue weighted by atomic mass is 9.87. The fraction of sp³-hybridized carbons (Fsp3) is 0.333. The monoisotopic (exact) mass is 457 g/mol. The number of halogens is 1. The van der Waals surface area contributed by atoms with Crippen molar-refractivity contribution in [1.82, 2.24) is 14.6 Å². The summed E-state index contributed by atoms with van der Waals surface area (Å²) in [7, 11) is 2.86. The van der Waals surface area contributed by atoms with Gasteiger partial charge in [0.1, 0.15) is 5.75 Å². The molecular weight excluding hydrogens is 430 g/mol. The molecule has 1 heterocycles. The second-order valence-electron chi connectivity index (χ2n) is 8.02. The molecule has 170 valence electrons. The van der Waals surface area contributed by atoms with Gasteiger partial charge in [-0.2, -0.15) is 5.06 Å². The highest BCUT2D eigenvalue weighted by atomic mass is 35.5. The van der Waals surface area contributed by atoms with Crippen LogP contribution in [0.15, 0.2) is 73.3 Å². The normalized spacial score (nSPS) is 13.3. The molecule has 0 bridgehead atoms. The molecule has 1 aromatic heterocycles. The van der Waals surface area contributed by atoms with E-state index < -0.39 is 23.8 Å². The topological polar surface area (TPSA) is 65.8 Å². The standard InChI is InChI=1S/C24H28ClN3O4/c1-24(2,16-25)21(32-23(29)27(3)30-4)22(28-15-14-26-17-28)31-20-12-10-19(11-13-20)18-8-6-5-7-9-18/h5-15,17,21-22H,16H2,1-4H3. The minimum atomic E-state index is -0.743. The Labute approximate surface area is 193 Å². The van der Waals surface area contributed by atoms with Gasteiger partial charge < -0.3 is 9.47 Å². The molecule has 2 unspecified atom stereocenters. The first-order chi connectivity index (χ1) is 15.4. The van der Waals surface area contributed by atoms with Crippen LogP contribution in [0.1, 0.15) is 20.1 Å². The molecule has 2 aromatic carbocycles. The fourth-order valence-corrected chi connectivity index (χ4v) is 3.28. The summed E-state index contributed by atoms with van der Waals surface area (Å²) in [5, 5.41) is 1.01. The Balaban J connectivity index is 1.91. The number of nitrogens with zero attached hydrogens (tertiary/aromatic N) is 3. The third-order valence-electron chi connectivity index (χ3n) is 5.17. The lowest BCUT2D eigenvalue weighted by Crippen LogP contribution is -2.46. The van der Waals surface area contributed by atoms with E-state index in [1.165, 1.54) is 14.2 Å². The van der Waals surface area contributed by atoms with Crippen LogP contribution >= 0.6 is 11.6 Å². The van der Waals surface area contributed by atoms with E-state index in [1.54, 1.807) is 23.3 Å². The molecule has 7 nitrogen and oxygen atoms in total. The first kappa shape index (κ1) is 23.6. The quantitative estimate of drug-likeness (QED) is 0.318. The highest BCUT2D eigenvalue weighted by Gasteiger charge is 2.41. The Morgan fingerprint density at radius 3 is 2.34 bits per heavy atom. The molecule has 0 aliphatic carbocycles. The van der Waals surface area contributed by atoms with Crippen molar-refractivity contribution < 1.29 is 19.1 Å². The third kappa shape index (κ3) is 5.60. The van der Waals surface area contributed by atoms with Crippen molar-refractivity contribution in [2.45, 2.75) is 26.2 Å². The van der Waals surface area contributed by atoms with Crippen molar-refractivity contribution in [2.24, 2.45) is 5.41 Å². The van der Waals surface area contributed by atoms with Crippen molar-refractivity contribution in [1.29, 1.82) is 0 Å². The number of aromatic nitrogens is 2. The summed E-state index contributed by atoms with van der Waals surface area (Å²) >= 11 is 6.27. The van der Waals surface area contributed by atoms with Gasteiger partial charge in [-0.25, -0.2) is 9.78 Å². The number of benzene rings is 2. The van der Waals surface area contributed by atoms with Crippen LogP contribution in [-0.4, -0.2) is 46.8 Å². The Hall–Kier alpha value is -3.03. The maximum absolute atomic E-state index is 12.5. The summed E-state index contributed by atoms with van der Waals surface area (Å²) in [6, 6.07) is 17.8. The number of alkyl halides is 1. The van der Waals surface area contributed by atoms with Gasteiger partial charge in [0.2, 0.25) is 6.23 Å². The van der Waals surface area contributed by atoms with Crippen molar-refractivity contribution >= 4 is 17.7 Å². The van der Waals surface area contributed by atoms with Crippen molar-refractivity contribution in [2.75, 3.05) is 20.0 Å². The summed E-state index contributed by atoms with van der Waals surface area (Å²) in [5.74, 6) is 0.860. The summed E-state index contributed by atoms with van der Waals surface area (Å²) in [6.07, 6.45) is 2.92. The van der Waals surface area contributed by atoms with Crippen LogP contribution in [-0.2, 0) is 9.57 Å². The van der Waals surface area contributed by atoms with Gasteiger partial charge in [0.15, 0.2) is 6.10 Å².